The van der Waals surface area contributed by atoms with Crippen molar-refractivity contribution in [3.8, 4) is 6.07 Å². The molecule has 21 heavy (non-hydrogen) atoms. The van der Waals surface area contributed by atoms with Crippen LogP contribution in [0.1, 0.15) is 24.6 Å². The number of nitriles is 1. The molecule has 5 nitrogen and oxygen atoms in total. The molecule has 0 bridgehead atoms. The number of hydrogen-bond acceptors (Lipinski definition) is 6. The molecule has 1 atom stereocenters. The zero-order chi connectivity index (χ0) is 15.1. The molecule has 114 valence electrons. The molecule has 1 aromatic heterocycles. The van der Waals surface area contributed by atoms with E-state index in [0.29, 0.717) is 39.3 Å². The van der Waals surface area contributed by atoms with E-state index in [2.05, 4.69) is 11.0 Å². The Bertz CT molecular complexity index is 492. The number of esters is 1. The van der Waals surface area contributed by atoms with Crippen molar-refractivity contribution in [2.75, 3.05) is 32.9 Å². The van der Waals surface area contributed by atoms with Gasteiger partial charge in [-0.1, -0.05) is 6.07 Å². The Balaban J connectivity index is 2.20. The van der Waals surface area contributed by atoms with Crippen molar-refractivity contribution < 1.29 is 14.3 Å². The second kappa shape index (κ2) is 7.55. The van der Waals surface area contributed by atoms with Gasteiger partial charge in [0.05, 0.1) is 25.9 Å². The van der Waals surface area contributed by atoms with Gasteiger partial charge in [-0.3, -0.25) is 9.69 Å². The highest BCUT2D eigenvalue weighted by atomic mass is 32.1. The number of nitrogens with zero attached hydrogens (tertiary/aromatic N) is 2. The number of ether oxygens (including phenoxy) is 2. The van der Waals surface area contributed by atoms with Crippen molar-refractivity contribution in [2.24, 2.45) is 0 Å². The highest BCUT2D eigenvalue weighted by Gasteiger charge is 2.40. The Morgan fingerprint density at radius 1 is 1.57 bits per heavy atom. The molecule has 6 heteroatoms. The van der Waals surface area contributed by atoms with Crippen LogP contribution in [0, 0.1) is 11.3 Å². The number of carbonyl (C=O) groups is 1. The van der Waals surface area contributed by atoms with Gasteiger partial charge in [0.1, 0.15) is 5.54 Å². The van der Waals surface area contributed by atoms with Gasteiger partial charge in [-0.15, -0.1) is 11.3 Å². The molecular weight excluding hydrogens is 288 g/mol. The molecule has 0 saturated carbocycles. The predicted octanol–water partition coefficient (Wildman–Crippen LogP) is 2.14. The molecule has 0 amide bonds. The van der Waals surface area contributed by atoms with Crippen molar-refractivity contribution in [3.63, 3.8) is 0 Å². The van der Waals surface area contributed by atoms with Gasteiger partial charge in [0, 0.05) is 24.4 Å². The minimum Gasteiger partial charge on any atom is -0.466 e. The van der Waals surface area contributed by atoms with E-state index in [0.717, 1.165) is 4.88 Å². The Hall–Kier alpha value is -1.42. The van der Waals surface area contributed by atoms with Gasteiger partial charge < -0.3 is 9.47 Å². The van der Waals surface area contributed by atoms with E-state index >= 15 is 0 Å². The summed E-state index contributed by atoms with van der Waals surface area (Å²) in [6.45, 7) is 4.80. The summed E-state index contributed by atoms with van der Waals surface area (Å²) in [4.78, 5) is 14.8. The van der Waals surface area contributed by atoms with Gasteiger partial charge in [0.25, 0.3) is 0 Å². The van der Waals surface area contributed by atoms with Crippen molar-refractivity contribution in [2.45, 2.75) is 25.3 Å². The fraction of sp³-hybridized carbons (Fsp3) is 0.600. The standard InChI is InChI=1S/C15H20N2O3S/c1-2-20-14(18)5-6-15(12-16,13-4-3-11-21-13)17-7-9-19-10-8-17/h3-4,11H,2,5-10H2,1H3/t15-/m0/s1. The van der Waals surface area contributed by atoms with Crippen LogP contribution in [0.4, 0.5) is 0 Å². The lowest BCUT2D eigenvalue weighted by Gasteiger charge is -2.40. The van der Waals surface area contributed by atoms with E-state index < -0.39 is 5.54 Å². The number of hydrogen-bond donors (Lipinski definition) is 0. The molecule has 1 aliphatic heterocycles. The molecule has 0 aliphatic carbocycles. The molecule has 1 aliphatic rings. The van der Waals surface area contributed by atoms with E-state index in [1.54, 1.807) is 18.3 Å². The van der Waals surface area contributed by atoms with Crippen LogP contribution >= 0.6 is 11.3 Å². The van der Waals surface area contributed by atoms with Crippen molar-refractivity contribution in [1.82, 2.24) is 4.90 Å². The molecule has 2 rings (SSSR count). The SMILES string of the molecule is CCOC(=O)CC[C@](C#N)(c1cccs1)N1CCOCC1. The van der Waals surface area contributed by atoms with Crippen LogP contribution in [0.3, 0.4) is 0 Å². The first kappa shape index (κ1) is 16.0. The molecule has 0 spiro atoms. The minimum atomic E-state index is -0.759. The van der Waals surface area contributed by atoms with Gasteiger partial charge in [-0.2, -0.15) is 5.26 Å². The van der Waals surface area contributed by atoms with Gasteiger partial charge in [0.15, 0.2) is 0 Å². The second-order valence-corrected chi connectivity index (χ2v) is 5.80. The molecule has 1 fully saturated rings. The van der Waals surface area contributed by atoms with E-state index in [1.165, 1.54) is 0 Å². The predicted molar refractivity (Wildman–Crippen MR) is 79.9 cm³/mol. The maximum atomic E-state index is 11.7. The number of thiophene rings is 1. The van der Waals surface area contributed by atoms with Crippen LogP contribution in [0.5, 0.6) is 0 Å². The maximum absolute atomic E-state index is 11.7. The summed E-state index contributed by atoms with van der Waals surface area (Å²) in [7, 11) is 0. The van der Waals surface area contributed by atoms with E-state index in [9.17, 15) is 10.1 Å². The zero-order valence-electron chi connectivity index (χ0n) is 12.2. The van der Waals surface area contributed by atoms with Gasteiger partial charge in [-0.05, 0) is 24.8 Å². The van der Waals surface area contributed by atoms with Crippen LogP contribution in [0.25, 0.3) is 0 Å². The number of carbonyl (C=O) groups excluding carboxylic acids is 1. The van der Waals surface area contributed by atoms with E-state index in [-0.39, 0.29) is 12.4 Å². The molecule has 0 aromatic carbocycles. The molecule has 1 saturated heterocycles. The summed E-state index contributed by atoms with van der Waals surface area (Å²) in [5.74, 6) is -0.248. The van der Waals surface area contributed by atoms with Crippen LogP contribution in [0.2, 0.25) is 0 Å². The van der Waals surface area contributed by atoms with Gasteiger partial charge in [-0.25, -0.2) is 0 Å². The molecule has 2 heterocycles. The van der Waals surface area contributed by atoms with Crippen molar-refractivity contribution >= 4 is 17.3 Å². The van der Waals surface area contributed by atoms with Gasteiger partial charge in [0.2, 0.25) is 0 Å². The number of morpholine rings is 1. The van der Waals surface area contributed by atoms with Crippen LogP contribution in [0.15, 0.2) is 17.5 Å². The molecule has 1 aromatic rings. The summed E-state index contributed by atoms with van der Waals surface area (Å²) in [6, 6.07) is 6.37. The second-order valence-electron chi connectivity index (χ2n) is 4.85. The lowest BCUT2D eigenvalue weighted by atomic mass is 9.90. The highest BCUT2D eigenvalue weighted by molar-refractivity contribution is 7.10. The fourth-order valence-corrected chi connectivity index (χ4v) is 3.53. The summed E-state index contributed by atoms with van der Waals surface area (Å²) < 4.78 is 10.4. The third-order valence-electron chi connectivity index (χ3n) is 3.66. The lowest BCUT2D eigenvalue weighted by molar-refractivity contribution is -0.144. The van der Waals surface area contributed by atoms with Crippen LogP contribution < -0.4 is 0 Å². The molecule has 0 radical (unpaired) electrons. The smallest absolute Gasteiger partial charge is 0.305 e. The quantitative estimate of drug-likeness (QED) is 0.754. The first-order valence-corrected chi connectivity index (χ1v) is 8.04. The zero-order valence-corrected chi connectivity index (χ0v) is 13.0. The van der Waals surface area contributed by atoms with Crippen molar-refractivity contribution in [3.05, 3.63) is 22.4 Å². The summed E-state index contributed by atoms with van der Waals surface area (Å²) in [5, 5.41) is 11.8. The Morgan fingerprint density at radius 2 is 2.33 bits per heavy atom. The van der Waals surface area contributed by atoms with E-state index in [1.807, 2.05) is 17.5 Å². The van der Waals surface area contributed by atoms with Crippen LogP contribution in [-0.4, -0.2) is 43.8 Å². The average Bonchev–Trinajstić information content (AvgIpc) is 3.05. The monoisotopic (exact) mass is 308 g/mol. The Kier molecular flexibility index (Phi) is 5.74. The highest BCUT2D eigenvalue weighted by Crippen LogP contribution is 2.36. The Labute approximate surface area is 129 Å². The summed E-state index contributed by atoms with van der Waals surface area (Å²) in [5.41, 5.74) is -0.759. The summed E-state index contributed by atoms with van der Waals surface area (Å²) in [6.07, 6.45) is 0.694. The topological polar surface area (TPSA) is 62.6 Å². The van der Waals surface area contributed by atoms with Gasteiger partial charge >= 0.3 is 5.97 Å². The van der Waals surface area contributed by atoms with Crippen molar-refractivity contribution in [1.29, 1.82) is 5.26 Å². The minimum absolute atomic E-state index is 0.247. The maximum Gasteiger partial charge on any atom is 0.305 e. The van der Waals surface area contributed by atoms with E-state index in [4.69, 9.17) is 9.47 Å². The summed E-state index contributed by atoms with van der Waals surface area (Å²) >= 11 is 1.56. The molecular formula is C15H20N2O3S. The first-order valence-electron chi connectivity index (χ1n) is 7.16. The largest absolute Gasteiger partial charge is 0.466 e. The lowest BCUT2D eigenvalue weighted by Crippen LogP contribution is -2.50. The average molecular weight is 308 g/mol. The third-order valence-corrected chi connectivity index (χ3v) is 4.68. The third kappa shape index (κ3) is 3.62. The first-order chi connectivity index (χ1) is 10.2. The Morgan fingerprint density at radius 3 is 2.90 bits per heavy atom. The molecule has 0 unspecified atom stereocenters. The fourth-order valence-electron chi connectivity index (χ4n) is 2.59. The normalized spacial score (nSPS) is 18.7. The molecule has 0 N–H and O–H groups in total. The van der Waals surface area contributed by atoms with Crippen LogP contribution in [-0.2, 0) is 19.8 Å². The number of rotatable bonds is 6.